The Bertz CT molecular complexity index is 848. The van der Waals surface area contributed by atoms with E-state index in [1.807, 2.05) is 51.1 Å². The summed E-state index contributed by atoms with van der Waals surface area (Å²) in [6.45, 7) is 7.19. The van der Waals surface area contributed by atoms with E-state index in [2.05, 4.69) is 4.98 Å². The lowest BCUT2D eigenvalue weighted by Gasteiger charge is -2.18. The molecule has 1 aromatic carbocycles. The van der Waals surface area contributed by atoms with E-state index in [0.29, 0.717) is 30.6 Å². The fourth-order valence-corrected chi connectivity index (χ4v) is 3.50. The van der Waals surface area contributed by atoms with Crippen molar-refractivity contribution >= 4 is 5.78 Å². The Morgan fingerprint density at radius 3 is 2.67 bits per heavy atom. The first-order valence-corrected chi connectivity index (χ1v) is 9.50. The lowest BCUT2D eigenvalue weighted by Crippen LogP contribution is -2.17. The molecule has 5 nitrogen and oxygen atoms in total. The van der Waals surface area contributed by atoms with Crippen molar-refractivity contribution in [2.24, 2.45) is 0 Å². The van der Waals surface area contributed by atoms with Crippen LogP contribution >= 0.6 is 0 Å². The van der Waals surface area contributed by atoms with Gasteiger partial charge in [-0.25, -0.2) is 0 Å². The summed E-state index contributed by atoms with van der Waals surface area (Å²) in [6, 6.07) is 9.51. The van der Waals surface area contributed by atoms with Crippen molar-refractivity contribution in [3.63, 3.8) is 0 Å². The van der Waals surface area contributed by atoms with Gasteiger partial charge in [-0.2, -0.15) is 0 Å². The fraction of sp³-hybridized carbons (Fsp3) is 0.455. The Kier molecular flexibility index (Phi) is 6.24. The van der Waals surface area contributed by atoms with Crippen molar-refractivity contribution in [1.82, 2.24) is 4.98 Å². The van der Waals surface area contributed by atoms with Gasteiger partial charge in [0.1, 0.15) is 0 Å². The maximum Gasteiger partial charge on any atom is 0.251 e. The summed E-state index contributed by atoms with van der Waals surface area (Å²) >= 11 is 0. The van der Waals surface area contributed by atoms with Gasteiger partial charge in [-0.1, -0.05) is 24.3 Å². The zero-order valence-electron chi connectivity index (χ0n) is 16.2. The van der Waals surface area contributed by atoms with Crippen LogP contribution in [0.5, 0.6) is 0 Å². The molecule has 144 valence electrons. The molecule has 27 heavy (non-hydrogen) atoms. The molecule has 2 heterocycles. The summed E-state index contributed by atoms with van der Waals surface area (Å²) in [6.07, 6.45) is 1.81. The van der Waals surface area contributed by atoms with Crippen LogP contribution in [-0.4, -0.2) is 30.1 Å². The van der Waals surface area contributed by atoms with Gasteiger partial charge in [-0.05, 0) is 50.8 Å². The number of ketones is 1. The van der Waals surface area contributed by atoms with Gasteiger partial charge in [0, 0.05) is 29.8 Å². The lowest BCUT2D eigenvalue weighted by atomic mass is 9.99. The second kappa shape index (κ2) is 8.63. The number of carbonyl (C=O) groups excluding carboxylic acids is 1. The average Bonchev–Trinajstić information content (AvgIpc) is 3.13. The molecule has 0 bridgehead atoms. The van der Waals surface area contributed by atoms with Crippen molar-refractivity contribution in [1.29, 1.82) is 0 Å². The van der Waals surface area contributed by atoms with E-state index in [1.165, 1.54) is 0 Å². The highest BCUT2D eigenvalue weighted by molar-refractivity contribution is 5.96. The number of benzene rings is 1. The van der Waals surface area contributed by atoms with Crippen LogP contribution in [0.2, 0.25) is 0 Å². The van der Waals surface area contributed by atoms with Crippen molar-refractivity contribution in [2.45, 2.75) is 52.2 Å². The number of aromatic nitrogens is 1. The molecule has 0 saturated carbocycles. The van der Waals surface area contributed by atoms with Gasteiger partial charge in [0.25, 0.3) is 5.56 Å². The van der Waals surface area contributed by atoms with Crippen LogP contribution in [0.25, 0.3) is 0 Å². The number of Topliss-reactive ketones (excluding diaryl/α,β-unsaturated/α-hetero) is 1. The topological polar surface area (TPSA) is 68.4 Å². The molecule has 1 N–H and O–H groups in total. The zero-order valence-corrected chi connectivity index (χ0v) is 16.2. The number of pyridine rings is 1. The molecule has 0 amide bonds. The summed E-state index contributed by atoms with van der Waals surface area (Å²) in [4.78, 5) is 27.4. The molecule has 1 saturated heterocycles. The molecule has 1 fully saturated rings. The highest BCUT2D eigenvalue weighted by Crippen LogP contribution is 2.22. The van der Waals surface area contributed by atoms with E-state index in [9.17, 15) is 9.59 Å². The molecule has 3 rings (SSSR count). The number of aryl methyl sites for hydroxylation is 2. The number of H-pyrrole nitrogens is 1. The largest absolute Gasteiger partial charge is 0.379 e. The molecular formula is C22H27NO4. The average molecular weight is 369 g/mol. The Morgan fingerprint density at radius 1 is 1.30 bits per heavy atom. The lowest BCUT2D eigenvalue weighted by molar-refractivity contribution is -0.00767. The van der Waals surface area contributed by atoms with Crippen LogP contribution in [-0.2, 0) is 15.9 Å². The normalized spacial score (nSPS) is 17.8. The molecule has 2 atom stereocenters. The monoisotopic (exact) mass is 369 g/mol. The third kappa shape index (κ3) is 4.93. The maximum atomic E-state index is 12.5. The van der Waals surface area contributed by atoms with E-state index in [0.717, 1.165) is 29.8 Å². The Labute approximate surface area is 159 Å². The van der Waals surface area contributed by atoms with Gasteiger partial charge in [0.05, 0.1) is 18.8 Å². The first-order valence-electron chi connectivity index (χ1n) is 9.50. The van der Waals surface area contributed by atoms with Gasteiger partial charge in [-0.3, -0.25) is 9.59 Å². The third-order valence-electron chi connectivity index (χ3n) is 5.08. The standard InChI is InChI=1S/C22H27NO4/c1-14-12-15(2)23-22(25)20(14)8-9-21(24)18-6-4-17(5-7-18)16(3)27-19-10-11-26-13-19/h4-7,12,16,19H,8-11,13H2,1-3H3,(H,23,25)/t16-,19-/m1/s1. The Morgan fingerprint density at radius 2 is 2.04 bits per heavy atom. The number of hydrogen-bond donors (Lipinski definition) is 1. The molecule has 0 aliphatic carbocycles. The number of ether oxygens (including phenoxy) is 2. The van der Waals surface area contributed by atoms with Gasteiger partial charge in [-0.15, -0.1) is 0 Å². The summed E-state index contributed by atoms with van der Waals surface area (Å²) in [5, 5.41) is 0. The second-order valence-corrected chi connectivity index (χ2v) is 7.25. The summed E-state index contributed by atoms with van der Waals surface area (Å²) < 4.78 is 11.3. The van der Waals surface area contributed by atoms with Crippen LogP contribution in [0, 0.1) is 13.8 Å². The van der Waals surface area contributed by atoms with Crippen molar-refractivity contribution < 1.29 is 14.3 Å². The zero-order chi connectivity index (χ0) is 19.4. The van der Waals surface area contributed by atoms with Crippen molar-refractivity contribution in [3.8, 4) is 0 Å². The maximum absolute atomic E-state index is 12.5. The Hall–Kier alpha value is -2.24. The van der Waals surface area contributed by atoms with Gasteiger partial charge < -0.3 is 14.5 Å². The fourth-order valence-electron chi connectivity index (χ4n) is 3.50. The van der Waals surface area contributed by atoms with Crippen LogP contribution in [0.15, 0.2) is 35.1 Å². The number of nitrogens with one attached hydrogen (secondary N) is 1. The molecule has 0 spiro atoms. The number of aromatic amines is 1. The van der Waals surface area contributed by atoms with E-state index in [-0.39, 0.29) is 23.6 Å². The van der Waals surface area contributed by atoms with Crippen LogP contribution in [0.1, 0.15) is 58.6 Å². The second-order valence-electron chi connectivity index (χ2n) is 7.25. The number of carbonyl (C=O) groups is 1. The van der Waals surface area contributed by atoms with Crippen molar-refractivity contribution in [3.05, 3.63) is 68.6 Å². The van der Waals surface area contributed by atoms with E-state index in [1.54, 1.807) is 0 Å². The highest BCUT2D eigenvalue weighted by atomic mass is 16.5. The Balaban J connectivity index is 1.60. The molecule has 1 aliphatic rings. The third-order valence-corrected chi connectivity index (χ3v) is 5.08. The number of hydrogen-bond acceptors (Lipinski definition) is 4. The molecule has 0 unspecified atom stereocenters. The van der Waals surface area contributed by atoms with Crippen molar-refractivity contribution in [2.75, 3.05) is 13.2 Å². The van der Waals surface area contributed by atoms with Gasteiger partial charge in [0.2, 0.25) is 0 Å². The van der Waals surface area contributed by atoms with Crippen LogP contribution < -0.4 is 5.56 Å². The minimum absolute atomic E-state index is 0.0328. The number of rotatable bonds is 7. The molecule has 5 heteroatoms. The minimum Gasteiger partial charge on any atom is -0.379 e. The van der Waals surface area contributed by atoms with Crippen LogP contribution in [0.4, 0.5) is 0 Å². The molecular weight excluding hydrogens is 342 g/mol. The summed E-state index contributed by atoms with van der Waals surface area (Å²) in [5.74, 6) is 0.0405. The predicted octanol–water partition coefficient (Wildman–Crippen LogP) is 3.67. The van der Waals surface area contributed by atoms with E-state index < -0.39 is 0 Å². The summed E-state index contributed by atoms with van der Waals surface area (Å²) in [7, 11) is 0. The molecule has 1 aromatic heterocycles. The predicted molar refractivity (Wildman–Crippen MR) is 104 cm³/mol. The summed E-state index contributed by atoms with van der Waals surface area (Å²) in [5.41, 5.74) is 4.06. The van der Waals surface area contributed by atoms with Gasteiger partial charge >= 0.3 is 0 Å². The minimum atomic E-state index is -0.0995. The smallest absolute Gasteiger partial charge is 0.251 e. The molecule has 1 aliphatic heterocycles. The highest BCUT2D eigenvalue weighted by Gasteiger charge is 2.20. The quantitative estimate of drug-likeness (QED) is 0.756. The van der Waals surface area contributed by atoms with Crippen LogP contribution in [0.3, 0.4) is 0 Å². The van der Waals surface area contributed by atoms with Gasteiger partial charge in [0.15, 0.2) is 5.78 Å². The van der Waals surface area contributed by atoms with E-state index in [4.69, 9.17) is 9.47 Å². The first kappa shape index (κ1) is 19.5. The first-order chi connectivity index (χ1) is 12.9. The SMILES string of the molecule is Cc1cc(C)c(CCC(=O)c2ccc([C@@H](C)O[C@@H]3CCOC3)cc2)c(=O)[nH]1. The molecule has 2 aromatic rings. The molecule has 0 radical (unpaired) electrons. The van der Waals surface area contributed by atoms with E-state index >= 15 is 0 Å².